The number of rotatable bonds is 5. The summed E-state index contributed by atoms with van der Waals surface area (Å²) in [6, 6.07) is 0. The minimum Gasteiger partial charge on any atom is -0.478 e. The Hall–Kier alpha value is -1.33. The molecule has 86 valence electrons. The smallest absolute Gasteiger partial charge is 0.377 e. The molecule has 0 amide bonds. The molecule has 16 heavy (non-hydrogen) atoms. The number of hydrazone groups is 1. The maximum Gasteiger partial charge on any atom is 0.377 e. The highest BCUT2D eigenvalue weighted by Crippen LogP contribution is 2.09. The number of nitrogens with one attached hydrogen (secondary N) is 1. The van der Waals surface area contributed by atoms with Gasteiger partial charge in [0.05, 0.1) is 20.8 Å². The zero-order valence-corrected chi connectivity index (χ0v) is 10.1. The number of carbonyl (C=O) groups is 1. The molecule has 0 saturated heterocycles. The van der Waals surface area contributed by atoms with Crippen LogP contribution in [0, 0.1) is 0 Å². The van der Waals surface area contributed by atoms with Crippen LogP contribution in [0.1, 0.15) is 13.8 Å². The van der Waals surface area contributed by atoms with Crippen LogP contribution in [0.25, 0.3) is 0 Å². The Kier molecular flexibility index (Phi) is 7.25. The molecule has 6 nitrogen and oxygen atoms in total. The summed E-state index contributed by atoms with van der Waals surface area (Å²) in [6.07, 6.45) is 3.45. The fourth-order valence-electron chi connectivity index (χ4n) is 0.696. The molecule has 0 aliphatic heterocycles. The third-order valence-corrected chi connectivity index (χ3v) is 1.70. The SMILES string of the molecule is [B]/C(=N\N/C(C)=C(/C=C\C)OP)C(=O)OO. The lowest BCUT2D eigenvalue weighted by Gasteiger charge is -2.06. The highest BCUT2D eigenvalue weighted by atomic mass is 31.0. The van der Waals surface area contributed by atoms with Crippen LogP contribution < -0.4 is 5.43 Å². The van der Waals surface area contributed by atoms with E-state index in [9.17, 15) is 4.79 Å². The first kappa shape index (κ1) is 14.7. The van der Waals surface area contributed by atoms with E-state index in [4.69, 9.17) is 17.6 Å². The standard InChI is InChI=1S/C8H12BN2O4P/c1-3-4-6(15-16)5(2)10-11-7(9)8(12)14-13/h3-4,10,13H,16H2,1-2H3/b4-3-,6-5-,11-7-. The van der Waals surface area contributed by atoms with E-state index in [0.717, 1.165) is 0 Å². The van der Waals surface area contributed by atoms with Gasteiger partial charge in [0, 0.05) is 0 Å². The Morgan fingerprint density at radius 1 is 1.62 bits per heavy atom. The molecule has 2 radical (unpaired) electrons. The molecule has 2 N–H and O–H groups in total. The summed E-state index contributed by atoms with van der Waals surface area (Å²) in [5.41, 5.74) is 2.50. The van der Waals surface area contributed by atoms with E-state index in [0.29, 0.717) is 11.5 Å². The van der Waals surface area contributed by atoms with Crippen LogP contribution in [0.5, 0.6) is 0 Å². The predicted molar refractivity (Wildman–Crippen MR) is 63.4 cm³/mol. The van der Waals surface area contributed by atoms with Crippen LogP contribution in [0.15, 0.2) is 28.7 Å². The first-order chi connectivity index (χ1) is 7.56. The lowest BCUT2D eigenvalue weighted by atomic mass is 10.0. The van der Waals surface area contributed by atoms with Crippen molar-refractivity contribution in [3.63, 3.8) is 0 Å². The third kappa shape index (κ3) is 4.95. The maximum absolute atomic E-state index is 10.7. The van der Waals surface area contributed by atoms with E-state index in [-0.39, 0.29) is 0 Å². The highest BCUT2D eigenvalue weighted by molar-refractivity contribution is 7.10. The molecule has 0 aromatic heterocycles. The van der Waals surface area contributed by atoms with E-state index in [1.807, 2.05) is 6.92 Å². The van der Waals surface area contributed by atoms with Gasteiger partial charge in [0.25, 0.3) is 0 Å². The van der Waals surface area contributed by atoms with Crippen LogP contribution >= 0.6 is 9.47 Å². The average molecular weight is 242 g/mol. The van der Waals surface area contributed by atoms with Crippen molar-refractivity contribution in [2.24, 2.45) is 5.10 Å². The monoisotopic (exact) mass is 242 g/mol. The summed E-state index contributed by atoms with van der Waals surface area (Å²) < 4.78 is 4.94. The number of allylic oxidation sites excluding steroid dienone is 3. The lowest BCUT2D eigenvalue weighted by Crippen LogP contribution is -2.20. The second-order valence-corrected chi connectivity index (χ2v) is 2.83. The van der Waals surface area contributed by atoms with Gasteiger partial charge in [-0.15, -0.1) is 0 Å². The van der Waals surface area contributed by atoms with Gasteiger partial charge in [0.15, 0.2) is 7.85 Å². The van der Waals surface area contributed by atoms with Crippen molar-refractivity contribution in [3.8, 4) is 0 Å². The molecule has 0 heterocycles. The Morgan fingerprint density at radius 3 is 2.69 bits per heavy atom. The molecular formula is C8H12BN2O4P. The topological polar surface area (TPSA) is 80.2 Å². The first-order valence-electron chi connectivity index (χ1n) is 4.22. The number of hydrogen-bond donors (Lipinski definition) is 2. The molecule has 0 rings (SSSR count). The molecule has 0 aromatic carbocycles. The van der Waals surface area contributed by atoms with Gasteiger partial charge in [-0.25, -0.2) is 4.79 Å². The lowest BCUT2D eigenvalue weighted by molar-refractivity contribution is -0.225. The number of carbonyl (C=O) groups excluding carboxylic acids is 1. The van der Waals surface area contributed by atoms with Gasteiger partial charge in [-0.1, -0.05) is 6.08 Å². The second kappa shape index (κ2) is 7.90. The highest BCUT2D eigenvalue weighted by Gasteiger charge is 2.06. The molecule has 0 fully saturated rings. The summed E-state index contributed by atoms with van der Waals surface area (Å²) in [5.74, 6) is -0.638. The van der Waals surface area contributed by atoms with Crippen LogP contribution in [0.4, 0.5) is 0 Å². The summed E-state index contributed by atoms with van der Waals surface area (Å²) in [5, 5.41) is 11.5. The molecule has 0 spiro atoms. The molecule has 0 aromatic rings. The zero-order valence-electron chi connectivity index (χ0n) is 8.93. The van der Waals surface area contributed by atoms with E-state index in [1.165, 1.54) is 0 Å². The van der Waals surface area contributed by atoms with Gasteiger partial charge in [-0.3, -0.25) is 10.3 Å². The summed E-state index contributed by atoms with van der Waals surface area (Å²) in [6.45, 7) is 3.48. The third-order valence-electron chi connectivity index (χ3n) is 1.45. The molecule has 1 atom stereocenters. The van der Waals surface area contributed by atoms with Gasteiger partial charge in [0.2, 0.25) is 0 Å². The zero-order chi connectivity index (χ0) is 12.6. The van der Waals surface area contributed by atoms with Gasteiger partial charge in [-0.2, -0.15) is 10.4 Å². The average Bonchev–Trinajstić information content (AvgIpc) is 2.31. The van der Waals surface area contributed by atoms with E-state index >= 15 is 0 Å². The van der Waals surface area contributed by atoms with Crippen molar-refractivity contribution in [2.75, 3.05) is 0 Å². The van der Waals surface area contributed by atoms with Crippen molar-refractivity contribution in [1.29, 1.82) is 0 Å². The van der Waals surface area contributed by atoms with Crippen LogP contribution in [0.2, 0.25) is 0 Å². The molecule has 0 aliphatic rings. The minimum atomic E-state index is -1.14. The van der Waals surface area contributed by atoms with Crippen molar-refractivity contribution in [3.05, 3.63) is 23.6 Å². The van der Waals surface area contributed by atoms with Crippen LogP contribution in [-0.4, -0.2) is 24.7 Å². The number of hydrogen-bond acceptors (Lipinski definition) is 6. The van der Waals surface area contributed by atoms with Crippen molar-refractivity contribution >= 4 is 28.9 Å². The summed E-state index contributed by atoms with van der Waals surface area (Å²) in [7, 11) is 7.24. The van der Waals surface area contributed by atoms with Crippen molar-refractivity contribution in [1.82, 2.24) is 5.43 Å². The summed E-state index contributed by atoms with van der Waals surface area (Å²) >= 11 is 0. The minimum absolute atomic E-state index is 0.501. The molecule has 1 unspecified atom stereocenters. The largest absolute Gasteiger partial charge is 0.478 e. The Labute approximate surface area is 97.0 Å². The fraction of sp³-hybridized carbons (Fsp3) is 0.250. The van der Waals surface area contributed by atoms with E-state index in [2.05, 4.69) is 24.9 Å². The van der Waals surface area contributed by atoms with Crippen LogP contribution in [-0.2, 0) is 14.2 Å². The van der Waals surface area contributed by atoms with Crippen LogP contribution in [0.3, 0.4) is 0 Å². The molecule has 8 heteroatoms. The maximum atomic E-state index is 10.7. The Bertz CT molecular complexity index is 341. The van der Waals surface area contributed by atoms with E-state index in [1.54, 1.807) is 19.1 Å². The molecular weight excluding hydrogens is 230 g/mol. The Balaban J connectivity index is 4.67. The van der Waals surface area contributed by atoms with Gasteiger partial charge in [-0.05, 0) is 19.9 Å². The van der Waals surface area contributed by atoms with Gasteiger partial charge in [0.1, 0.15) is 5.76 Å². The van der Waals surface area contributed by atoms with Crippen molar-refractivity contribution < 1.29 is 19.5 Å². The van der Waals surface area contributed by atoms with E-state index < -0.39 is 11.6 Å². The quantitative estimate of drug-likeness (QED) is 0.141. The molecule has 0 aliphatic carbocycles. The predicted octanol–water partition coefficient (Wildman–Crippen LogP) is 0.688. The molecule has 0 bridgehead atoms. The fourth-order valence-corrected chi connectivity index (χ4v) is 0.951. The Morgan fingerprint density at radius 2 is 2.25 bits per heavy atom. The first-order valence-corrected chi connectivity index (χ1v) is 4.69. The molecule has 0 saturated carbocycles. The number of nitrogens with zero attached hydrogens (tertiary/aromatic N) is 1. The van der Waals surface area contributed by atoms with Gasteiger partial charge >= 0.3 is 5.97 Å². The van der Waals surface area contributed by atoms with Crippen molar-refractivity contribution in [2.45, 2.75) is 13.8 Å². The normalized spacial score (nSPS) is 13.4. The second-order valence-electron chi connectivity index (χ2n) is 2.59. The van der Waals surface area contributed by atoms with Gasteiger partial charge < -0.3 is 4.52 Å². The summed E-state index contributed by atoms with van der Waals surface area (Å²) in [4.78, 5) is 14.0.